The van der Waals surface area contributed by atoms with Crippen LogP contribution < -0.4 is 0 Å². The van der Waals surface area contributed by atoms with E-state index < -0.39 is 0 Å². The van der Waals surface area contributed by atoms with Gasteiger partial charge < -0.3 is 0 Å². The molecule has 1 aliphatic carbocycles. The van der Waals surface area contributed by atoms with Gasteiger partial charge in [0.25, 0.3) is 0 Å². The first-order valence-corrected chi connectivity index (χ1v) is 8.01. The summed E-state index contributed by atoms with van der Waals surface area (Å²) < 4.78 is 0. The minimum atomic E-state index is 0.399. The van der Waals surface area contributed by atoms with E-state index in [9.17, 15) is 4.79 Å². The summed E-state index contributed by atoms with van der Waals surface area (Å²) in [6.45, 7) is 4.23. The summed E-state index contributed by atoms with van der Waals surface area (Å²) in [5, 5.41) is 0. The Morgan fingerprint density at radius 2 is 1.09 bits per heavy atom. The van der Waals surface area contributed by atoms with Crippen molar-refractivity contribution in [2.45, 2.75) is 39.5 Å². The summed E-state index contributed by atoms with van der Waals surface area (Å²) in [5.41, 5.74) is 7.82. The molecule has 1 nitrogen and oxygen atoms in total. The van der Waals surface area contributed by atoms with Crippen molar-refractivity contribution in [2.75, 3.05) is 0 Å². The molecule has 0 spiro atoms. The first-order chi connectivity index (χ1) is 10.6. The van der Waals surface area contributed by atoms with Crippen LogP contribution in [0.2, 0.25) is 0 Å². The number of hydrogen-bond donors (Lipinski definition) is 0. The predicted molar refractivity (Wildman–Crippen MR) is 91.9 cm³/mol. The molecule has 0 aliphatic heterocycles. The molecule has 112 valence electrons. The Morgan fingerprint density at radius 1 is 0.682 bits per heavy atom. The van der Waals surface area contributed by atoms with E-state index in [0.717, 1.165) is 12.8 Å². The molecular weight excluding hydrogens is 268 g/mol. The topological polar surface area (TPSA) is 17.1 Å². The molecule has 22 heavy (non-hydrogen) atoms. The van der Waals surface area contributed by atoms with E-state index in [-0.39, 0.29) is 0 Å². The van der Waals surface area contributed by atoms with Crippen LogP contribution in [0.4, 0.5) is 0 Å². The average Bonchev–Trinajstić information content (AvgIpc) is 2.53. The molecule has 0 N–H and O–H groups in total. The highest BCUT2D eigenvalue weighted by molar-refractivity contribution is 5.86. The Morgan fingerprint density at radius 3 is 1.50 bits per heavy atom. The van der Waals surface area contributed by atoms with Gasteiger partial charge in [-0.2, -0.15) is 0 Å². The standard InChI is InChI=1S/C21H22O/c1-15-3-7-17(8-4-15)21(18-9-5-16(2)6-10-18)19-11-13-20(22)14-12-19/h3-10H,11-14H2,1-2H3. The number of allylic oxidation sites excluding steroid dienone is 1. The number of rotatable bonds is 2. The molecule has 0 saturated heterocycles. The Labute approximate surface area is 132 Å². The molecule has 0 aromatic heterocycles. The van der Waals surface area contributed by atoms with Crippen LogP contribution in [0.1, 0.15) is 47.9 Å². The molecule has 3 rings (SSSR count). The maximum atomic E-state index is 11.6. The Balaban J connectivity index is 2.09. The van der Waals surface area contributed by atoms with E-state index in [1.807, 2.05) is 0 Å². The number of benzene rings is 2. The molecule has 0 radical (unpaired) electrons. The summed E-state index contributed by atoms with van der Waals surface area (Å²) in [6.07, 6.45) is 3.18. The maximum Gasteiger partial charge on any atom is 0.133 e. The monoisotopic (exact) mass is 290 g/mol. The van der Waals surface area contributed by atoms with Gasteiger partial charge in [-0.05, 0) is 43.4 Å². The first kappa shape index (κ1) is 14.8. The van der Waals surface area contributed by atoms with Crippen molar-refractivity contribution in [1.29, 1.82) is 0 Å². The Bertz CT molecular complexity index is 643. The van der Waals surface area contributed by atoms with Gasteiger partial charge in [-0.1, -0.05) is 65.2 Å². The van der Waals surface area contributed by atoms with E-state index in [1.165, 1.54) is 33.4 Å². The second kappa shape index (κ2) is 6.31. The van der Waals surface area contributed by atoms with Crippen molar-refractivity contribution in [3.05, 3.63) is 76.4 Å². The Hall–Kier alpha value is -2.15. The Kier molecular flexibility index (Phi) is 4.24. The van der Waals surface area contributed by atoms with Gasteiger partial charge >= 0.3 is 0 Å². The summed E-state index contributed by atoms with van der Waals surface area (Å²) in [5.74, 6) is 0.399. The van der Waals surface area contributed by atoms with Crippen molar-refractivity contribution in [3.63, 3.8) is 0 Å². The van der Waals surface area contributed by atoms with Crippen molar-refractivity contribution in [3.8, 4) is 0 Å². The summed E-state index contributed by atoms with van der Waals surface area (Å²) >= 11 is 0. The predicted octanol–water partition coefficient (Wildman–Crippen LogP) is 5.25. The van der Waals surface area contributed by atoms with Crippen LogP contribution in [0.5, 0.6) is 0 Å². The second-order valence-electron chi connectivity index (χ2n) is 6.25. The van der Waals surface area contributed by atoms with E-state index >= 15 is 0 Å². The molecule has 0 heterocycles. The molecule has 1 heteroatoms. The van der Waals surface area contributed by atoms with Gasteiger partial charge in [0.2, 0.25) is 0 Å². The average molecular weight is 290 g/mol. The highest BCUT2D eigenvalue weighted by Gasteiger charge is 2.18. The third-order valence-electron chi connectivity index (χ3n) is 4.45. The molecule has 1 aliphatic rings. The van der Waals surface area contributed by atoms with Crippen molar-refractivity contribution >= 4 is 11.4 Å². The minimum Gasteiger partial charge on any atom is -0.300 e. The van der Waals surface area contributed by atoms with Crippen LogP contribution >= 0.6 is 0 Å². The van der Waals surface area contributed by atoms with Gasteiger partial charge in [0.1, 0.15) is 5.78 Å². The van der Waals surface area contributed by atoms with Crippen molar-refractivity contribution < 1.29 is 4.79 Å². The molecule has 2 aromatic carbocycles. The third-order valence-corrected chi connectivity index (χ3v) is 4.45. The SMILES string of the molecule is Cc1ccc(C(=C2CCC(=O)CC2)c2ccc(C)cc2)cc1. The minimum absolute atomic E-state index is 0.399. The third kappa shape index (κ3) is 3.19. The maximum absolute atomic E-state index is 11.6. The molecule has 0 bridgehead atoms. The molecule has 0 atom stereocenters. The normalized spacial score (nSPS) is 15.0. The number of carbonyl (C=O) groups is 1. The van der Waals surface area contributed by atoms with Crippen molar-refractivity contribution in [2.24, 2.45) is 0 Å². The summed E-state index contributed by atoms with van der Waals surface area (Å²) in [7, 11) is 0. The summed E-state index contributed by atoms with van der Waals surface area (Å²) in [6, 6.07) is 17.5. The zero-order valence-corrected chi connectivity index (χ0v) is 13.4. The fourth-order valence-corrected chi connectivity index (χ4v) is 3.10. The number of ketones is 1. The molecular formula is C21H22O. The van der Waals surface area contributed by atoms with Gasteiger partial charge in [0, 0.05) is 12.8 Å². The first-order valence-electron chi connectivity index (χ1n) is 8.01. The van der Waals surface area contributed by atoms with E-state index in [4.69, 9.17) is 0 Å². The fourth-order valence-electron chi connectivity index (χ4n) is 3.10. The van der Waals surface area contributed by atoms with Gasteiger partial charge in [0.05, 0.1) is 0 Å². The molecule has 0 unspecified atom stereocenters. The molecule has 1 fully saturated rings. The van der Waals surface area contributed by atoms with Gasteiger partial charge in [-0.15, -0.1) is 0 Å². The van der Waals surface area contributed by atoms with E-state index in [0.29, 0.717) is 18.6 Å². The molecule has 2 aromatic rings. The van der Waals surface area contributed by atoms with Crippen LogP contribution in [0.15, 0.2) is 54.1 Å². The lowest BCUT2D eigenvalue weighted by molar-refractivity contribution is -0.119. The van der Waals surface area contributed by atoms with Crippen LogP contribution in [0, 0.1) is 13.8 Å². The number of hydrogen-bond acceptors (Lipinski definition) is 1. The highest BCUT2D eigenvalue weighted by Crippen LogP contribution is 2.34. The molecule has 0 amide bonds. The largest absolute Gasteiger partial charge is 0.300 e. The summed E-state index contributed by atoms with van der Waals surface area (Å²) in [4.78, 5) is 11.6. The van der Waals surface area contributed by atoms with Gasteiger partial charge in [0.15, 0.2) is 0 Å². The van der Waals surface area contributed by atoms with Gasteiger partial charge in [-0.3, -0.25) is 4.79 Å². The van der Waals surface area contributed by atoms with Crippen LogP contribution in [-0.4, -0.2) is 5.78 Å². The fraction of sp³-hybridized carbons (Fsp3) is 0.286. The number of aryl methyl sites for hydroxylation is 2. The lowest BCUT2D eigenvalue weighted by Crippen LogP contribution is -2.08. The zero-order valence-electron chi connectivity index (χ0n) is 13.4. The van der Waals surface area contributed by atoms with E-state index in [1.54, 1.807) is 0 Å². The van der Waals surface area contributed by atoms with E-state index in [2.05, 4.69) is 62.4 Å². The van der Waals surface area contributed by atoms with Crippen LogP contribution in [-0.2, 0) is 4.79 Å². The highest BCUT2D eigenvalue weighted by atomic mass is 16.1. The number of Topliss-reactive ketones (excluding diaryl/α,β-unsaturated/α-hetero) is 1. The van der Waals surface area contributed by atoms with Gasteiger partial charge in [-0.25, -0.2) is 0 Å². The smallest absolute Gasteiger partial charge is 0.133 e. The number of carbonyl (C=O) groups excluding carboxylic acids is 1. The lowest BCUT2D eigenvalue weighted by Gasteiger charge is -2.20. The van der Waals surface area contributed by atoms with Crippen LogP contribution in [0.3, 0.4) is 0 Å². The van der Waals surface area contributed by atoms with Crippen LogP contribution in [0.25, 0.3) is 5.57 Å². The lowest BCUT2D eigenvalue weighted by atomic mass is 9.84. The van der Waals surface area contributed by atoms with Crippen molar-refractivity contribution in [1.82, 2.24) is 0 Å². The zero-order chi connectivity index (χ0) is 15.5. The molecule has 1 saturated carbocycles. The second-order valence-corrected chi connectivity index (χ2v) is 6.25. The quantitative estimate of drug-likeness (QED) is 0.738.